The van der Waals surface area contributed by atoms with E-state index in [1.54, 1.807) is 0 Å². The fraction of sp³-hybridized carbons (Fsp3) is 0.917. The number of piperazine rings is 1. The van der Waals surface area contributed by atoms with E-state index in [2.05, 4.69) is 16.7 Å². The molecule has 0 aromatic heterocycles. The maximum atomic E-state index is 11.3. The number of nitrogens with zero attached hydrogens (tertiary/aromatic N) is 2. The molecular formula is C12H25N3O2. The quantitative estimate of drug-likeness (QED) is 0.668. The normalized spacial score (nSPS) is 22.3. The SMILES string of the molecule is CCC(CO)N1CCN(C(CC)C(N)=O)CC1. The highest BCUT2D eigenvalue weighted by Gasteiger charge is 2.28. The van der Waals surface area contributed by atoms with Gasteiger partial charge in [0.1, 0.15) is 0 Å². The second-order valence-corrected chi connectivity index (χ2v) is 4.64. The summed E-state index contributed by atoms with van der Waals surface area (Å²) in [4.78, 5) is 15.7. The minimum Gasteiger partial charge on any atom is -0.395 e. The largest absolute Gasteiger partial charge is 0.395 e. The van der Waals surface area contributed by atoms with Crippen LogP contribution in [0.2, 0.25) is 0 Å². The summed E-state index contributed by atoms with van der Waals surface area (Å²) in [7, 11) is 0. The molecule has 2 atom stereocenters. The van der Waals surface area contributed by atoms with Gasteiger partial charge in [-0.2, -0.15) is 0 Å². The van der Waals surface area contributed by atoms with Crippen LogP contribution in [-0.4, -0.2) is 65.7 Å². The molecule has 0 aromatic carbocycles. The third kappa shape index (κ3) is 3.66. The molecule has 0 aromatic rings. The molecule has 17 heavy (non-hydrogen) atoms. The molecule has 0 spiro atoms. The standard InChI is InChI=1S/C12H25N3O2/c1-3-10(9-16)14-5-7-15(8-6-14)11(4-2)12(13)17/h10-11,16H,3-9H2,1-2H3,(H2,13,17). The maximum Gasteiger partial charge on any atom is 0.234 e. The molecule has 1 heterocycles. The van der Waals surface area contributed by atoms with E-state index in [4.69, 9.17) is 5.73 Å². The second kappa shape index (κ2) is 6.93. The zero-order valence-corrected chi connectivity index (χ0v) is 10.9. The average Bonchev–Trinajstić information content (AvgIpc) is 2.33. The Labute approximate surface area is 104 Å². The molecule has 1 aliphatic rings. The topological polar surface area (TPSA) is 69.8 Å². The highest BCUT2D eigenvalue weighted by molar-refractivity contribution is 5.79. The summed E-state index contributed by atoms with van der Waals surface area (Å²) in [6.45, 7) is 7.82. The number of primary amides is 1. The van der Waals surface area contributed by atoms with Crippen molar-refractivity contribution in [3.63, 3.8) is 0 Å². The summed E-state index contributed by atoms with van der Waals surface area (Å²) in [6, 6.07) is 0.122. The van der Waals surface area contributed by atoms with Crippen LogP contribution < -0.4 is 5.73 Å². The molecule has 100 valence electrons. The van der Waals surface area contributed by atoms with Gasteiger partial charge in [0.25, 0.3) is 0 Å². The van der Waals surface area contributed by atoms with Gasteiger partial charge in [-0.15, -0.1) is 0 Å². The summed E-state index contributed by atoms with van der Waals surface area (Å²) in [5.41, 5.74) is 5.39. The van der Waals surface area contributed by atoms with E-state index in [1.807, 2.05) is 6.92 Å². The van der Waals surface area contributed by atoms with Gasteiger partial charge in [0.2, 0.25) is 5.91 Å². The van der Waals surface area contributed by atoms with Crippen molar-refractivity contribution in [1.29, 1.82) is 0 Å². The highest BCUT2D eigenvalue weighted by Crippen LogP contribution is 2.12. The van der Waals surface area contributed by atoms with Gasteiger partial charge in [0.05, 0.1) is 12.6 Å². The first-order valence-electron chi connectivity index (χ1n) is 6.52. The van der Waals surface area contributed by atoms with E-state index in [-0.39, 0.29) is 24.6 Å². The zero-order valence-electron chi connectivity index (χ0n) is 10.9. The Balaban J connectivity index is 2.47. The Bertz CT molecular complexity index is 236. The van der Waals surface area contributed by atoms with E-state index in [9.17, 15) is 9.90 Å². The van der Waals surface area contributed by atoms with Crippen LogP contribution in [0.25, 0.3) is 0 Å². The first-order valence-corrected chi connectivity index (χ1v) is 6.52. The minimum absolute atomic E-state index is 0.133. The third-order valence-corrected chi connectivity index (χ3v) is 3.70. The monoisotopic (exact) mass is 243 g/mol. The number of carbonyl (C=O) groups is 1. The van der Waals surface area contributed by atoms with Crippen molar-refractivity contribution in [2.24, 2.45) is 5.73 Å². The zero-order chi connectivity index (χ0) is 12.8. The Hall–Kier alpha value is -0.650. The first-order chi connectivity index (χ1) is 8.13. The van der Waals surface area contributed by atoms with E-state index in [0.29, 0.717) is 0 Å². The van der Waals surface area contributed by atoms with Crippen LogP contribution in [0, 0.1) is 0 Å². The highest BCUT2D eigenvalue weighted by atomic mass is 16.3. The molecule has 5 nitrogen and oxygen atoms in total. The number of carbonyl (C=O) groups excluding carboxylic acids is 1. The van der Waals surface area contributed by atoms with Crippen LogP contribution >= 0.6 is 0 Å². The average molecular weight is 243 g/mol. The molecule has 1 saturated heterocycles. The third-order valence-electron chi connectivity index (χ3n) is 3.70. The van der Waals surface area contributed by atoms with E-state index in [1.165, 1.54) is 0 Å². The molecule has 3 N–H and O–H groups in total. The molecule has 1 fully saturated rings. The van der Waals surface area contributed by atoms with Crippen LogP contribution in [0.15, 0.2) is 0 Å². The summed E-state index contributed by atoms with van der Waals surface area (Å²) < 4.78 is 0. The Morgan fingerprint density at radius 1 is 1.18 bits per heavy atom. The van der Waals surface area contributed by atoms with Crippen molar-refractivity contribution in [2.75, 3.05) is 32.8 Å². The number of nitrogens with two attached hydrogens (primary N) is 1. The van der Waals surface area contributed by atoms with Crippen LogP contribution in [0.4, 0.5) is 0 Å². The lowest BCUT2D eigenvalue weighted by atomic mass is 10.1. The minimum atomic E-state index is -0.227. The molecule has 0 aliphatic carbocycles. The van der Waals surface area contributed by atoms with Crippen LogP contribution in [0.1, 0.15) is 26.7 Å². The predicted molar refractivity (Wildman–Crippen MR) is 67.6 cm³/mol. The smallest absolute Gasteiger partial charge is 0.234 e. The van der Waals surface area contributed by atoms with Crippen molar-refractivity contribution in [3.05, 3.63) is 0 Å². The number of aliphatic hydroxyl groups excluding tert-OH is 1. The fourth-order valence-corrected chi connectivity index (χ4v) is 2.56. The van der Waals surface area contributed by atoms with Crippen LogP contribution in [0.3, 0.4) is 0 Å². The Kier molecular flexibility index (Phi) is 5.88. The Morgan fingerprint density at radius 3 is 2.06 bits per heavy atom. The van der Waals surface area contributed by atoms with Crippen molar-refractivity contribution in [3.8, 4) is 0 Å². The predicted octanol–water partition coefficient (Wildman–Crippen LogP) is -0.361. The molecule has 2 unspecified atom stereocenters. The van der Waals surface area contributed by atoms with Crippen molar-refractivity contribution in [1.82, 2.24) is 9.80 Å². The molecule has 0 saturated carbocycles. The lowest BCUT2D eigenvalue weighted by Crippen LogP contribution is -2.56. The van der Waals surface area contributed by atoms with Gasteiger partial charge in [0.15, 0.2) is 0 Å². The lowest BCUT2D eigenvalue weighted by molar-refractivity contribution is -0.124. The number of amides is 1. The van der Waals surface area contributed by atoms with Gasteiger partial charge in [0, 0.05) is 32.2 Å². The second-order valence-electron chi connectivity index (χ2n) is 4.64. The number of hydrogen-bond donors (Lipinski definition) is 2. The van der Waals surface area contributed by atoms with Gasteiger partial charge in [-0.25, -0.2) is 0 Å². The number of aliphatic hydroxyl groups is 1. The molecule has 5 heteroatoms. The van der Waals surface area contributed by atoms with Crippen molar-refractivity contribution >= 4 is 5.91 Å². The van der Waals surface area contributed by atoms with Crippen molar-refractivity contribution < 1.29 is 9.90 Å². The molecule has 1 amide bonds. The van der Waals surface area contributed by atoms with Gasteiger partial charge in [-0.05, 0) is 12.8 Å². The summed E-state index contributed by atoms with van der Waals surface area (Å²) >= 11 is 0. The maximum absolute atomic E-state index is 11.3. The molecule has 1 aliphatic heterocycles. The Morgan fingerprint density at radius 2 is 1.71 bits per heavy atom. The molecule has 0 radical (unpaired) electrons. The molecule has 0 bridgehead atoms. The number of hydrogen-bond acceptors (Lipinski definition) is 4. The molecular weight excluding hydrogens is 218 g/mol. The van der Waals surface area contributed by atoms with Gasteiger partial charge >= 0.3 is 0 Å². The first kappa shape index (κ1) is 14.4. The van der Waals surface area contributed by atoms with Crippen LogP contribution in [0.5, 0.6) is 0 Å². The van der Waals surface area contributed by atoms with E-state index < -0.39 is 0 Å². The van der Waals surface area contributed by atoms with Gasteiger partial charge in [-0.3, -0.25) is 14.6 Å². The number of rotatable bonds is 6. The van der Waals surface area contributed by atoms with Crippen molar-refractivity contribution in [2.45, 2.75) is 38.8 Å². The summed E-state index contributed by atoms with van der Waals surface area (Å²) in [6.07, 6.45) is 1.73. The van der Waals surface area contributed by atoms with E-state index >= 15 is 0 Å². The van der Waals surface area contributed by atoms with Gasteiger partial charge in [-0.1, -0.05) is 13.8 Å². The fourth-order valence-electron chi connectivity index (χ4n) is 2.56. The lowest BCUT2D eigenvalue weighted by Gasteiger charge is -2.40. The summed E-state index contributed by atoms with van der Waals surface area (Å²) in [5.74, 6) is -0.227. The molecule has 1 rings (SSSR count). The van der Waals surface area contributed by atoms with E-state index in [0.717, 1.165) is 39.0 Å². The van der Waals surface area contributed by atoms with Crippen LogP contribution in [-0.2, 0) is 4.79 Å². The summed E-state index contributed by atoms with van der Waals surface area (Å²) in [5, 5.41) is 9.26. The van der Waals surface area contributed by atoms with Gasteiger partial charge < -0.3 is 10.8 Å².